The Balaban J connectivity index is 3.41. The molecule has 0 saturated heterocycles. The van der Waals surface area contributed by atoms with Gasteiger partial charge in [-0.05, 0) is 34.5 Å². The predicted molar refractivity (Wildman–Crippen MR) is 50.1 cm³/mol. The van der Waals surface area contributed by atoms with Gasteiger partial charge in [-0.1, -0.05) is 6.07 Å². The molecule has 1 aromatic carbocycles. The van der Waals surface area contributed by atoms with E-state index in [0.717, 1.165) is 10.0 Å². The van der Waals surface area contributed by atoms with E-state index in [1.165, 1.54) is 0 Å². The molecule has 0 radical (unpaired) electrons. The Bertz CT molecular complexity index is 341. The van der Waals surface area contributed by atoms with Gasteiger partial charge in [0.1, 0.15) is 6.07 Å². The summed E-state index contributed by atoms with van der Waals surface area (Å²) in [6.07, 6.45) is 0. The maximum atomic E-state index is 8.80. The van der Waals surface area contributed by atoms with Crippen LogP contribution < -0.4 is 4.74 Å². The number of halogens is 1. The summed E-state index contributed by atoms with van der Waals surface area (Å²) >= 11 is 3.31. The van der Waals surface area contributed by atoms with E-state index in [1.807, 2.05) is 19.1 Å². The maximum absolute atomic E-state index is 8.80. The lowest BCUT2D eigenvalue weighted by atomic mass is 10.1. The third-order valence-electron chi connectivity index (χ3n) is 1.63. The van der Waals surface area contributed by atoms with Crippen LogP contribution in [0.5, 0.6) is 5.75 Å². The summed E-state index contributed by atoms with van der Waals surface area (Å²) in [5.74, 6) is 0.609. The van der Waals surface area contributed by atoms with Crippen molar-refractivity contribution in [2.45, 2.75) is 6.92 Å². The first-order chi connectivity index (χ1) is 5.70. The molecule has 0 aromatic heterocycles. The Morgan fingerprint density at radius 2 is 2.17 bits per heavy atom. The second-order valence-electron chi connectivity index (χ2n) is 2.38. The van der Waals surface area contributed by atoms with Gasteiger partial charge in [0.15, 0.2) is 5.75 Å². The SMILES string of the molecule is COc1c(Br)ccc(C)c1C#N. The molecule has 12 heavy (non-hydrogen) atoms. The summed E-state index contributed by atoms with van der Waals surface area (Å²) in [6.45, 7) is 1.88. The van der Waals surface area contributed by atoms with Crippen LogP contribution in [0.2, 0.25) is 0 Å². The quantitative estimate of drug-likeness (QED) is 0.737. The summed E-state index contributed by atoms with van der Waals surface area (Å²) in [5, 5.41) is 8.80. The van der Waals surface area contributed by atoms with Crippen molar-refractivity contribution in [3.63, 3.8) is 0 Å². The third kappa shape index (κ3) is 1.44. The minimum Gasteiger partial charge on any atom is -0.494 e. The van der Waals surface area contributed by atoms with Crippen LogP contribution in [0.3, 0.4) is 0 Å². The van der Waals surface area contributed by atoms with Gasteiger partial charge in [-0.25, -0.2) is 0 Å². The number of ether oxygens (including phenoxy) is 1. The molecule has 1 rings (SSSR count). The van der Waals surface area contributed by atoms with E-state index in [9.17, 15) is 0 Å². The number of rotatable bonds is 1. The number of hydrogen-bond donors (Lipinski definition) is 0. The first kappa shape index (κ1) is 9.08. The second-order valence-corrected chi connectivity index (χ2v) is 3.24. The number of benzene rings is 1. The minimum absolute atomic E-state index is 0.590. The molecule has 0 atom stereocenters. The molecule has 0 aliphatic heterocycles. The van der Waals surface area contributed by atoms with Crippen molar-refractivity contribution in [1.82, 2.24) is 0 Å². The highest BCUT2D eigenvalue weighted by Gasteiger charge is 2.08. The largest absolute Gasteiger partial charge is 0.494 e. The average molecular weight is 226 g/mol. The van der Waals surface area contributed by atoms with Crippen molar-refractivity contribution >= 4 is 15.9 Å². The molecule has 0 fully saturated rings. The topological polar surface area (TPSA) is 33.0 Å². The molecule has 3 heteroatoms. The Morgan fingerprint density at radius 1 is 1.50 bits per heavy atom. The lowest BCUT2D eigenvalue weighted by Gasteiger charge is -2.06. The van der Waals surface area contributed by atoms with Gasteiger partial charge in [-0.3, -0.25) is 0 Å². The van der Waals surface area contributed by atoms with Gasteiger partial charge in [0, 0.05) is 0 Å². The van der Waals surface area contributed by atoms with Crippen LogP contribution in [0.15, 0.2) is 16.6 Å². The fourth-order valence-electron chi connectivity index (χ4n) is 0.994. The third-order valence-corrected chi connectivity index (χ3v) is 2.26. The van der Waals surface area contributed by atoms with Gasteiger partial charge in [0.05, 0.1) is 17.1 Å². The lowest BCUT2D eigenvalue weighted by Crippen LogP contribution is -1.91. The fourth-order valence-corrected chi connectivity index (χ4v) is 1.49. The highest BCUT2D eigenvalue weighted by Crippen LogP contribution is 2.30. The molecule has 0 heterocycles. The first-order valence-corrected chi connectivity index (χ1v) is 4.23. The Labute approximate surface area is 79.9 Å². The first-order valence-electron chi connectivity index (χ1n) is 3.44. The fraction of sp³-hybridized carbons (Fsp3) is 0.222. The van der Waals surface area contributed by atoms with Crippen molar-refractivity contribution in [3.8, 4) is 11.8 Å². The molecule has 1 aromatic rings. The molecular weight excluding hydrogens is 218 g/mol. The Kier molecular flexibility index (Phi) is 2.72. The number of nitrogens with zero attached hydrogens (tertiary/aromatic N) is 1. The molecule has 0 aliphatic carbocycles. The van der Waals surface area contributed by atoms with Crippen LogP contribution >= 0.6 is 15.9 Å². The van der Waals surface area contributed by atoms with Crippen LogP contribution in [-0.4, -0.2) is 7.11 Å². The molecule has 62 valence electrons. The number of aryl methyl sites for hydroxylation is 1. The number of hydrogen-bond acceptors (Lipinski definition) is 2. The Hall–Kier alpha value is -1.01. The minimum atomic E-state index is 0.590. The summed E-state index contributed by atoms with van der Waals surface area (Å²) in [4.78, 5) is 0. The zero-order valence-corrected chi connectivity index (χ0v) is 8.47. The molecule has 0 bridgehead atoms. The summed E-state index contributed by atoms with van der Waals surface area (Å²) in [7, 11) is 1.56. The summed E-state index contributed by atoms with van der Waals surface area (Å²) in [5.41, 5.74) is 1.52. The van der Waals surface area contributed by atoms with Crippen LogP contribution in [0.1, 0.15) is 11.1 Å². The Morgan fingerprint density at radius 3 is 2.58 bits per heavy atom. The van der Waals surface area contributed by atoms with Crippen LogP contribution in [0, 0.1) is 18.3 Å². The van der Waals surface area contributed by atoms with Gasteiger partial charge in [-0.15, -0.1) is 0 Å². The molecule has 0 unspecified atom stereocenters. The monoisotopic (exact) mass is 225 g/mol. The molecule has 0 aliphatic rings. The normalized spacial score (nSPS) is 9.17. The maximum Gasteiger partial charge on any atom is 0.151 e. The van der Waals surface area contributed by atoms with Gasteiger partial charge in [0.25, 0.3) is 0 Å². The van der Waals surface area contributed by atoms with E-state index in [0.29, 0.717) is 11.3 Å². The van der Waals surface area contributed by atoms with Crippen molar-refractivity contribution in [2.75, 3.05) is 7.11 Å². The van der Waals surface area contributed by atoms with Gasteiger partial charge in [-0.2, -0.15) is 5.26 Å². The highest BCUT2D eigenvalue weighted by atomic mass is 79.9. The van der Waals surface area contributed by atoms with E-state index in [-0.39, 0.29) is 0 Å². The van der Waals surface area contributed by atoms with E-state index in [2.05, 4.69) is 22.0 Å². The zero-order valence-electron chi connectivity index (χ0n) is 6.89. The van der Waals surface area contributed by atoms with E-state index in [1.54, 1.807) is 7.11 Å². The van der Waals surface area contributed by atoms with Gasteiger partial charge < -0.3 is 4.74 Å². The van der Waals surface area contributed by atoms with Crippen molar-refractivity contribution < 1.29 is 4.74 Å². The number of nitriles is 1. The summed E-state index contributed by atoms with van der Waals surface area (Å²) < 4.78 is 5.89. The predicted octanol–water partition coefficient (Wildman–Crippen LogP) is 2.64. The zero-order chi connectivity index (χ0) is 9.14. The van der Waals surface area contributed by atoms with Crippen molar-refractivity contribution in [2.24, 2.45) is 0 Å². The summed E-state index contributed by atoms with van der Waals surface area (Å²) in [6, 6.07) is 5.85. The van der Waals surface area contributed by atoms with Gasteiger partial charge >= 0.3 is 0 Å². The van der Waals surface area contributed by atoms with Gasteiger partial charge in [0.2, 0.25) is 0 Å². The second kappa shape index (κ2) is 3.59. The standard InChI is InChI=1S/C9H8BrNO/c1-6-3-4-8(10)9(12-2)7(6)5-11/h3-4H,1-2H3. The molecule has 0 amide bonds. The highest BCUT2D eigenvalue weighted by molar-refractivity contribution is 9.10. The average Bonchev–Trinajstić information content (AvgIpc) is 2.08. The lowest BCUT2D eigenvalue weighted by molar-refractivity contribution is 0.410. The molecule has 0 N–H and O–H groups in total. The van der Waals surface area contributed by atoms with E-state index < -0.39 is 0 Å². The molecule has 2 nitrogen and oxygen atoms in total. The van der Waals surface area contributed by atoms with Crippen molar-refractivity contribution in [1.29, 1.82) is 5.26 Å². The van der Waals surface area contributed by atoms with Crippen molar-refractivity contribution in [3.05, 3.63) is 27.7 Å². The van der Waals surface area contributed by atoms with E-state index >= 15 is 0 Å². The number of methoxy groups -OCH3 is 1. The van der Waals surface area contributed by atoms with Crippen LogP contribution in [0.4, 0.5) is 0 Å². The molecule has 0 saturated carbocycles. The smallest absolute Gasteiger partial charge is 0.151 e. The van der Waals surface area contributed by atoms with Crippen LogP contribution in [0.25, 0.3) is 0 Å². The molecular formula is C9H8BrNO. The van der Waals surface area contributed by atoms with Crippen LogP contribution in [-0.2, 0) is 0 Å². The molecule has 0 spiro atoms. The van der Waals surface area contributed by atoms with E-state index in [4.69, 9.17) is 10.00 Å².